The number of aromatic nitrogens is 1. The van der Waals surface area contributed by atoms with Crippen molar-refractivity contribution < 1.29 is 9.23 Å². The van der Waals surface area contributed by atoms with Gasteiger partial charge in [0.25, 0.3) is 0 Å². The molecule has 0 atom stereocenters. The minimum Gasteiger partial charge on any atom is -0.277 e. The van der Waals surface area contributed by atoms with Crippen LogP contribution in [-0.4, -0.2) is 4.98 Å². The predicted octanol–water partition coefficient (Wildman–Crippen LogP) is 2.46. The lowest BCUT2D eigenvalue weighted by Crippen LogP contribution is -2.07. The zero-order chi connectivity index (χ0) is 11.9. The van der Waals surface area contributed by atoms with Crippen molar-refractivity contribution >= 4 is 0 Å². The van der Waals surface area contributed by atoms with E-state index in [9.17, 15) is 4.39 Å². The number of hydrogen-bond donors (Lipinski definition) is 0. The molecule has 2 rings (SSSR count). The van der Waals surface area contributed by atoms with Crippen molar-refractivity contribution in [3.63, 3.8) is 0 Å². The second-order valence-electron chi connectivity index (χ2n) is 3.51. The molecule has 0 aliphatic rings. The Morgan fingerprint density at radius 1 is 1.12 bits per heavy atom. The maximum atomic E-state index is 13.2. The summed E-state index contributed by atoms with van der Waals surface area (Å²) in [5, 5.41) is 0. The summed E-state index contributed by atoms with van der Waals surface area (Å²) in [5.74, 6) is -0.272. The smallest absolute Gasteiger partial charge is 0.128 e. The molecule has 3 nitrogen and oxygen atoms in total. The zero-order valence-electron chi connectivity index (χ0n) is 9.21. The van der Waals surface area contributed by atoms with Crippen LogP contribution in [0, 0.1) is 5.82 Å². The first-order valence-electron chi connectivity index (χ1n) is 5.27. The third-order valence-electron chi connectivity index (χ3n) is 2.27. The summed E-state index contributed by atoms with van der Waals surface area (Å²) in [4.78, 5) is 8.97. The topological polar surface area (TPSA) is 36.2 Å². The molecule has 1 aromatic carbocycles. The fourth-order valence-electron chi connectivity index (χ4n) is 1.34. The minimum absolute atomic E-state index is 0.151. The summed E-state index contributed by atoms with van der Waals surface area (Å²) < 4.78 is 13.2. The molecule has 2 aromatic rings. The van der Waals surface area contributed by atoms with E-state index in [1.165, 1.54) is 6.07 Å². The molecule has 0 bridgehead atoms. The molecule has 1 radical (unpaired) electrons. The number of hydrogen-bond acceptors (Lipinski definition) is 2. The van der Waals surface area contributed by atoms with E-state index in [2.05, 4.69) is 10.5 Å². The number of benzene rings is 1. The summed E-state index contributed by atoms with van der Waals surface area (Å²) >= 11 is 0. The SMILES string of the molecule is Fc1ccccc1CO[N]Cc1ccncc1. The number of hydroxylamine groups is 1. The van der Waals surface area contributed by atoms with Crippen molar-refractivity contribution in [2.75, 3.05) is 0 Å². The van der Waals surface area contributed by atoms with Crippen molar-refractivity contribution in [1.82, 2.24) is 10.5 Å². The van der Waals surface area contributed by atoms with Crippen LogP contribution in [0.3, 0.4) is 0 Å². The molecule has 87 valence electrons. The van der Waals surface area contributed by atoms with Crippen LogP contribution in [0.4, 0.5) is 4.39 Å². The number of rotatable bonds is 5. The molecule has 0 fully saturated rings. The van der Waals surface area contributed by atoms with Gasteiger partial charge in [-0.3, -0.25) is 9.82 Å². The van der Waals surface area contributed by atoms with Gasteiger partial charge in [0, 0.05) is 18.0 Å². The highest BCUT2D eigenvalue weighted by atomic mass is 19.1. The van der Waals surface area contributed by atoms with Gasteiger partial charge in [0.2, 0.25) is 0 Å². The fourth-order valence-corrected chi connectivity index (χ4v) is 1.34. The average Bonchev–Trinajstić information content (AvgIpc) is 2.38. The van der Waals surface area contributed by atoms with Crippen LogP contribution in [-0.2, 0) is 18.0 Å². The van der Waals surface area contributed by atoms with Crippen molar-refractivity contribution in [3.05, 3.63) is 65.7 Å². The predicted molar refractivity (Wildman–Crippen MR) is 61.3 cm³/mol. The Labute approximate surface area is 99.2 Å². The van der Waals surface area contributed by atoms with E-state index >= 15 is 0 Å². The van der Waals surface area contributed by atoms with E-state index in [0.29, 0.717) is 12.1 Å². The maximum absolute atomic E-state index is 13.2. The maximum Gasteiger partial charge on any atom is 0.128 e. The van der Waals surface area contributed by atoms with E-state index in [1.54, 1.807) is 30.6 Å². The lowest BCUT2D eigenvalue weighted by molar-refractivity contribution is 0.0138. The quantitative estimate of drug-likeness (QED) is 0.585. The van der Waals surface area contributed by atoms with E-state index in [4.69, 9.17) is 4.84 Å². The molecule has 0 aliphatic heterocycles. The summed E-state index contributed by atoms with van der Waals surface area (Å²) in [6.45, 7) is 0.592. The normalized spacial score (nSPS) is 10.4. The first-order valence-corrected chi connectivity index (χ1v) is 5.27. The summed E-state index contributed by atoms with van der Waals surface area (Å²) in [6, 6.07) is 10.2. The van der Waals surface area contributed by atoms with E-state index in [0.717, 1.165) is 5.56 Å². The van der Waals surface area contributed by atoms with E-state index in [-0.39, 0.29) is 12.4 Å². The molecule has 0 spiro atoms. The summed E-state index contributed by atoms with van der Waals surface area (Å²) in [5.41, 5.74) is 5.40. The van der Waals surface area contributed by atoms with Gasteiger partial charge in [-0.15, -0.1) is 0 Å². The lowest BCUT2D eigenvalue weighted by atomic mass is 10.2. The Morgan fingerprint density at radius 2 is 1.88 bits per heavy atom. The molecule has 4 heteroatoms. The van der Waals surface area contributed by atoms with Crippen molar-refractivity contribution in [3.8, 4) is 0 Å². The molecule has 0 N–H and O–H groups in total. The van der Waals surface area contributed by atoms with Gasteiger partial charge in [-0.25, -0.2) is 4.39 Å². The number of halogens is 1. The summed E-state index contributed by atoms with van der Waals surface area (Å²) in [6.07, 6.45) is 3.39. The van der Waals surface area contributed by atoms with E-state index in [1.807, 2.05) is 12.1 Å². The molecule has 0 amide bonds. The molecule has 17 heavy (non-hydrogen) atoms. The second-order valence-corrected chi connectivity index (χ2v) is 3.51. The van der Waals surface area contributed by atoms with Crippen LogP contribution in [0.15, 0.2) is 48.8 Å². The van der Waals surface area contributed by atoms with Gasteiger partial charge in [-0.1, -0.05) is 23.7 Å². The highest BCUT2D eigenvalue weighted by Gasteiger charge is 2.00. The van der Waals surface area contributed by atoms with Gasteiger partial charge in [-0.2, -0.15) is 0 Å². The van der Waals surface area contributed by atoms with Crippen molar-refractivity contribution in [1.29, 1.82) is 0 Å². The van der Waals surface area contributed by atoms with Gasteiger partial charge in [-0.05, 0) is 23.8 Å². The Kier molecular flexibility index (Phi) is 4.18. The highest BCUT2D eigenvalue weighted by Crippen LogP contribution is 2.07. The third kappa shape index (κ3) is 3.62. The Bertz CT molecular complexity index is 462. The standard InChI is InChI=1S/C13H12FN2O/c14-13-4-2-1-3-12(13)10-17-16-9-11-5-7-15-8-6-11/h1-8H,9-10H2. The number of nitrogens with zero attached hydrogens (tertiary/aromatic N) is 2. The largest absolute Gasteiger partial charge is 0.277 e. The third-order valence-corrected chi connectivity index (χ3v) is 2.27. The van der Waals surface area contributed by atoms with Crippen LogP contribution in [0.1, 0.15) is 11.1 Å². The monoisotopic (exact) mass is 231 g/mol. The van der Waals surface area contributed by atoms with Crippen molar-refractivity contribution in [2.24, 2.45) is 0 Å². The minimum atomic E-state index is -0.272. The Balaban J connectivity index is 1.76. The van der Waals surface area contributed by atoms with Crippen molar-refractivity contribution in [2.45, 2.75) is 13.2 Å². The van der Waals surface area contributed by atoms with Crippen LogP contribution < -0.4 is 5.48 Å². The van der Waals surface area contributed by atoms with Gasteiger partial charge in [0.15, 0.2) is 0 Å². The average molecular weight is 231 g/mol. The van der Waals surface area contributed by atoms with Crippen LogP contribution >= 0.6 is 0 Å². The molecule has 0 saturated carbocycles. The van der Waals surface area contributed by atoms with E-state index < -0.39 is 0 Å². The molecular weight excluding hydrogens is 219 g/mol. The van der Waals surface area contributed by atoms with Crippen LogP contribution in [0.25, 0.3) is 0 Å². The van der Waals surface area contributed by atoms with Crippen LogP contribution in [0.5, 0.6) is 0 Å². The van der Waals surface area contributed by atoms with Gasteiger partial charge >= 0.3 is 0 Å². The first kappa shape index (κ1) is 11.7. The highest BCUT2D eigenvalue weighted by molar-refractivity contribution is 5.16. The lowest BCUT2D eigenvalue weighted by Gasteiger charge is -2.04. The molecule has 1 heterocycles. The molecule has 0 unspecified atom stereocenters. The first-order chi connectivity index (χ1) is 8.36. The molecule has 1 aromatic heterocycles. The zero-order valence-corrected chi connectivity index (χ0v) is 9.21. The van der Waals surface area contributed by atoms with Gasteiger partial charge in [0.1, 0.15) is 5.82 Å². The van der Waals surface area contributed by atoms with Gasteiger partial charge in [0.05, 0.1) is 13.2 Å². The Morgan fingerprint density at radius 3 is 2.65 bits per heavy atom. The summed E-state index contributed by atoms with van der Waals surface area (Å²) in [7, 11) is 0. The van der Waals surface area contributed by atoms with Gasteiger partial charge < -0.3 is 0 Å². The fraction of sp³-hybridized carbons (Fsp3) is 0.154. The molecule has 0 saturated heterocycles. The molecular formula is C13H12FN2O. The van der Waals surface area contributed by atoms with Crippen LogP contribution in [0.2, 0.25) is 0 Å². The Hall–Kier alpha value is -1.78. The molecule has 0 aliphatic carbocycles. The second kappa shape index (κ2) is 6.08. The number of pyridine rings is 1.